The number of benzene rings is 4. The summed E-state index contributed by atoms with van der Waals surface area (Å²) in [5, 5.41) is 12.8. The second-order valence-corrected chi connectivity index (χ2v) is 9.51. The molecular formula is C30H20FN3O4. The topological polar surface area (TPSA) is 98.5 Å². The van der Waals surface area contributed by atoms with Crippen LogP contribution in [-0.2, 0) is 0 Å². The van der Waals surface area contributed by atoms with E-state index in [4.69, 9.17) is 0 Å². The van der Waals surface area contributed by atoms with E-state index in [1.165, 1.54) is 6.07 Å². The molecule has 7 nitrogen and oxygen atoms in total. The van der Waals surface area contributed by atoms with Crippen molar-refractivity contribution in [2.24, 2.45) is 0 Å². The number of fused-ring (bicyclic) bond motifs is 6. The molecule has 38 heavy (non-hydrogen) atoms. The van der Waals surface area contributed by atoms with Gasteiger partial charge in [-0.25, -0.2) is 4.39 Å². The molecule has 0 saturated heterocycles. The number of halogens is 1. The van der Waals surface area contributed by atoms with Gasteiger partial charge in [-0.1, -0.05) is 60.7 Å². The Morgan fingerprint density at radius 2 is 1.26 bits per heavy atom. The van der Waals surface area contributed by atoms with Crippen LogP contribution in [0.25, 0.3) is 21.5 Å². The zero-order chi connectivity index (χ0) is 26.6. The summed E-state index contributed by atoms with van der Waals surface area (Å²) in [5.74, 6) is -2.39. The van der Waals surface area contributed by atoms with Crippen LogP contribution in [0, 0.1) is 11.3 Å². The van der Waals surface area contributed by atoms with Gasteiger partial charge in [0.2, 0.25) is 0 Å². The highest BCUT2D eigenvalue weighted by atomic mass is 19.1. The number of imide groups is 2. The van der Waals surface area contributed by atoms with Crippen LogP contribution in [0.4, 0.5) is 4.39 Å². The molecule has 0 radical (unpaired) electrons. The molecular weight excluding hydrogens is 485 g/mol. The molecule has 6 rings (SSSR count). The predicted octanol–water partition coefficient (Wildman–Crippen LogP) is 4.90. The van der Waals surface area contributed by atoms with E-state index in [0.29, 0.717) is 21.2 Å². The Morgan fingerprint density at radius 3 is 1.84 bits per heavy atom. The molecule has 2 aliphatic rings. The van der Waals surface area contributed by atoms with E-state index < -0.39 is 35.8 Å². The third kappa shape index (κ3) is 3.18. The average Bonchev–Trinajstić information content (AvgIpc) is 3.36. The fraction of sp³-hybridized carbons (Fsp3) is 0.167. The van der Waals surface area contributed by atoms with E-state index in [2.05, 4.69) is 0 Å². The Bertz CT molecular complexity index is 1760. The molecule has 0 aliphatic carbocycles. The van der Waals surface area contributed by atoms with Gasteiger partial charge in [-0.2, -0.15) is 5.26 Å². The third-order valence-corrected chi connectivity index (χ3v) is 7.47. The van der Waals surface area contributed by atoms with Gasteiger partial charge in [0.1, 0.15) is 6.67 Å². The minimum atomic E-state index is -2.07. The lowest BCUT2D eigenvalue weighted by atomic mass is 9.94. The standard InChI is InChI=1S/C30H20FN3O4/c31-16-30(17-32,34-27(36)23-13-11-19-7-2-4-9-21(19)25(23)29(34)38)14-5-15-33-26(35)22-12-10-18-6-1-3-8-20(18)24(22)28(33)37/h1-4,6-13H,5,14-16H2. The summed E-state index contributed by atoms with van der Waals surface area (Å²) in [6.07, 6.45) is -0.216. The number of carbonyl (C=O) groups excluding carboxylic acids is 4. The van der Waals surface area contributed by atoms with Crippen LogP contribution in [-0.4, -0.2) is 52.2 Å². The molecule has 2 heterocycles. The van der Waals surface area contributed by atoms with Crippen molar-refractivity contribution in [1.29, 1.82) is 5.26 Å². The van der Waals surface area contributed by atoms with Crippen molar-refractivity contribution < 1.29 is 23.6 Å². The van der Waals surface area contributed by atoms with E-state index >= 15 is 0 Å². The van der Waals surface area contributed by atoms with Crippen molar-refractivity contribution in [1.82, 2.24) is 9.80 Å². The Kier molecular flexibility index (Phi) is 5.31. The van der Waals surface area contributed by atoms with Crippen molar-refractivity contribution in [3.8, 4) is 6.07 Å². The first-order chi connectivity index (χ1) is 18.4. The number of nitrogens with zero attached hydrogens (tertiary/aromatic N) is 3. The average molecular weight is 506 g/mol. The van der Waals surface area contributed by atoms with Crippen LogP contribution in [0.2, 0.25) is 0 Å². The summed E-state index contributed by atoms with van der Waals surface area (Å²) in [4.78, 5) is 54.7. The van der Waals surface area contributed by atoms with Gasteiger partial charge in [0.15, 0.2) is 5.54 Å². The number of nitriles is 1. The second kappa shape index (κ2) is 8.60. The van der Waals surface area contributed by atoms with E-state index in [-0.39, 0.29) is 36.1 Å². The van der Waals surface area contributed by atoms with Crippen LogP contribution in [0.5, 0.6) is 0 Å². The highest BCUT2D eigenvalue weighted by Crippen LogP contribution is 2.37. The molecule has 4 amide bonds. The highest BCUT2D eigenvalue weighted by molar-refractivity contribution is 6.27. The minimum absolute atomic E-state index is 0.0229. The lowest BCUT2D eigenvalue weighted by Crippen LogP contribution is -2.53. The molecule has 0 aromatic heterocycles. The zero-order valence-corrected chi connectivity index (χ0v) is 20.1. The molecule has 0 bridgehead atoms. The first-order valence-corrected chi connectivity index (χ1v) is 12.2. The van der Waals surface area contributed by atoms with Crippen molar-refractivity contribution >= 4 is 45.2 Å². The Labute approximate surface area is 216 Å². The van der Waals surface area contributed by atoms with Gasteiger partial charge in [0.25, 0.3) is 23.6 Å². The third-order valence-electron chi connectivity index (χ3n) is 7.47. The molecule has 0 N–H and O–H groups in total. The number of rotatable bonds is 6. The van der Waals surface area contributed by atoms with Crippen LogP contribution in [0.1, 0.15) is 54.3 Å². The van der Waals surface area contributed by atoms with Gasteiger partial charge in [-0.3, -0.25) is 29.0 Å². The van der Waals surface area contributed by atoms with E-state index in [0.717, 1.165) is 15.7 Å². The maximum absolute atomic E-state index is 14.6. The highest BCUT2D eigenvalue weighted by Gasteiger charge is 2.50. The molecule has 4 aromatic rings. The first-order valence-electron chi connectivity index (χ1n) is 12.2. The lowest BCUT2D eigenvalue weighted by molar-refractivity contribution is 0.0432. The maximum Gasteiger partial charge on any atom is 0.263 e. The Morgan fingerprint density at radius 1 is 0.711 bits per heavy atom. The van der Waals surface area contributed by atoms with Gasteiger partial charge in [-0.05, 0) is 46.5 Å². The van der Waals surface area contributed by atoms with E-state index in [9.17, 15) is 28.8 Å². The van der Waals surface area contributed by atoms with Gasteiger partial charge < -0.3 is 0 Å². The van der Waals surface area contributed by atoms with Gasteiger partial charge in [-0.15, -0.1) is 0 Å². The number of alkyl halides is 1. The molecule has 186 valence electrons. The maximum atomic E-state index is 14.6. The Balaban J connectivity index is 1.26. The monoisotopic (exact) mass is 505 g/mol. The van der Waals surface area contributed by atoms with Crippen LogP contribution < -0.4 is 0 Å². The molecule has 2 aliphatic heterocycles. The summed E-state index contributed by atoms with van der Waals surface area (Å²) < 4.78 is 14.6. The molecule has 8 heteroatoms. The number of carbonyl (C=O) groups is 4. The summed E-state index contributed by atoms with van der Waals surface area (Å²) in [6.45, 7) is -1.37. The molecule has 4 aromatic carbocycles. The van der Waals surface area contributed by atoms with Gasteiger partial charge >= 0.3 is 0 Å². The lowest BCUT2D eigenvalue weighted by Gasteiger charge is -2.32. The fourth-order valence-electron chi connectivity index (χ4n) is 5.55. The van der Waals surface area contributed by atoms with Crippen molar-refractivity contribution in [3.63, 3.8) is 0 Å². The second-order valence-electron chi connectivity index (χ2n) is 9.51. The SMILES string of the molecule is N#CC(CF)(CCCN1C(=O)c2ccc3ccccc3c2C1=O)N1C(=O)c2ccc3ccccc3c2C1=O. The summed E-state index contributed by atoms with van der Waals surface area (Å²) in [7, 11) is 0. The molecule has 1 unspecified atom stereocenters. The van der Waals surface area contributed by atoms with Crippen LogP contribution in [0.15, 0.2) is 72.8 Å². The van der Waals surface area contributed by atoms with E-state index in [1.807, 2.05) is 18.2 Å². The predicted molar refractivity (Wildman–Crippen MR) is 137 cm³/mol. The summed E-state index contributed by atoms with van der Waals surface area (Å²) in [5.41, 5.74) is -1.20. The van der Waals surface area contributed by atoms with E-state index in [1.54, 1.807) is 54.6 Å². The number of amides is 4. The molecule has 0 saturated carbocycles. The summed E-state index contributed by atoms with van der Waals surface area (Å²) >= 11 is 0. The van der Waals surface area contributed by atoms with Crippen molar-refractivity contribution in [3.05, 3.63) is 95.1 Å². The normalized spacial score (nSPS) is 16.2. The molecule has 0 spiro atoms. The molecule has 0 fully saturated rings. The minimum Gasteiger partial charge on any atom is -0.274 e. The van der Waals surface area contributed by atoms with Gasteiger partial charge in [0, 0.05) is 6.54 Å². The number of hydrogen-bond acceptors (Lipinski definition) is 5. The van der Waals surface area contributed by atoms with Crippen LogP contribution in [0.3, 0.4) is 0 Å². The molecule has 1 atom stereocenters. The quantitative estimate of drug-likeness (QED) is 0.347. The summed E-state index contributed by atoms with van der Waals surface area (Å²) in [6, 6.07) is 22.8. The Hall–Kier alpha value is -4.90. The largest absolute Gasteiger partial charge is 0.274 e. The number of hydrogen-bond donors (Lipinski definition) is 0. The van der Waals surface area contributed by atoms with Crippen LogP contribution >= 0.6 is 0 Å². The van der Waals surface area contributed by atoms with Crippen molar-refractivity contribution in [2.45, 2.75) is 18.4 Å². The smallest absolute Gasteiger partial charge is 0.263 e. The van der Waals surface area contributed by atoms with Gasteiger partial charge in [0.05, 0.1) is 28.3 Å². The zero-order valence-electron chi connectivity index (χ0n) is 20.1. The fourth-order valence-corrected chi connectivity index (χ4v) is 5.55. The van der Waals surface area contributed by atoms with Crippen molar-refractivity contribution in [2.75, 3.05) is 13.2 Å². The first kappa shape index (κ1) is 23.5.